The maximum Gasteiger partial charge on any atom is 0.259 e. The van der Waals surface area contributed by atoms with Crippen LogP contribution in [0.1, 0.15) is 5.56 Å². The molecule has 1 aromatic heterocycles. The van der Waals surface area contributed by atoms with Gasteiger partial charge in [-0.2, -0.15) is 0 Å². The Hall–Kier alpha value is -2.85. The Bertz CT molecular complexity index is 1170. The Morgan fingerprint density at radius 1 is 0.852 bits per heavy atom. The summed E-state index contributed by atoms with van der Waals surface area (Å²) in [6, 6.07) is 25.5. The molecule has 0 aliphatic carbocycles. The van der Waals surface area contributed by atoms with Crippen LogP contribution in [0.2, 0.25) is 0 Å². The number of hydrogen-bond donors (Lipinski definition) is 0. The summed E-state index contributed by atoms with van der Waals surface area (Å²) >= 11 is 3.77. The molecule has 0 radical (unpaired) electrons. The fourth-order valence-corrected chi connectivity index (χ4v) is 4.15. The van der Waals surface area contributed by atoms with Crippen molar-refractivity contribution in [2.75, 3.05) is 7.11 Å². The summed E-state index contributed by atoms with van der Waals surface area (Å²) in [5, 5.41) is 1.59. The van der Waals surface area contributed by atoms with Gasteiger partial charge in [0.1, 0.15) is 5.75 Å². The molecule has 0 N–H and O–H groups in total. The first-order valence-corrected chi connectivity index (χ1v) is 9.48. The molecule has 3 aromatic carbocycles. The van der Waals surface area contributed by atoms with E-state index in [9.17, 15) is 4.79 Å². The number of methoxy groups -OCH3 is 1. The molecule has 3 nitrogen and oxygen atoms in total. The molecule has 0 spiro atoms. The highest BCUT2D eigenvalue weighted by molar-refractivity contribution is 9.10. The van der Waals surface area contributed by atoms with Gasteiger partial charge in [0, 0.05) is 16.3 Å². The molecule has 0 amide bonds. The number of hydrogen-bond acceptors (Lipinski definition) is 2. The third-order valence-corrected chi connectivity index (χ3v) is 5.47. The Morgan fingerprint density at radius 2 is 1.48 bits per heavy atom. The molecule has 0 saturated carbocycles. The number of nitrogens with zero attached hydrogens (tertiary/aromatic N) is 1. The highest BCUT2D eigenvalue weighted by atomic mass is 79.9. The van der Waals surface area contributed by atoms with Gasteiger partial charge in [-0.05, 0) is 39.7 Å². The van der Waals surface area contributed by atoms with Gasteiger partial charge in [-0.1, -0.05) is 60.7 Å². The number of fused-ring (bicyclic) bond motifs is 1. The van der Waals surface area contributed by atoms with Crippen LogP contribution in [0.25, 0.3) is 22.0 Å². The molecule has 0 bridgehead atoms. The van der Waals surface area contributed by atoms with E-state index in [1.165, 1.54) is 0 Å². The van der Waals surface area contributed by atoms with Gasteiger partial charge in [0.15, 0.2) is 0 Å². The fourth-order valence-electron chi connectivity index (χ4n) is 3.37. The zero-order valence-electron chi connectivity index (χ0n) is 14.9. The summed E-state index contributed by atoms with van der Waals surface area (Å²) in [5.41, 5.74) is 2.75. The van der Waals surface area contributed by atoms with Gasteiger partial charge in [0.2, 0.25) is 0 Å². The number of halogens is 1. The summed E-state index contributed by atoms with van der Waals surface area (Å²) in [7, 11) is 1.65. The van der Waals surface area contributed by atoms with E-state index >= 15 is 0 Å². The molecule has 0 fully saturated rings. The lowest BCUT2D eigenvalue weighted by Crippen LogP contribution is -2.23. The summed E-state index contributed by atoms with van der Waals surface area (Å²) in [4.78, 5) is 13.4. The van der Waals surface area contributed by atoms with E-state index < -0.39 is 0 Å². The maximum atomic E-state index is 13.4. The largest absolute Gasteiger partial charge is 0.496 e. The fraction of sp³-hybridized carbons (Fsp3) is 0.0870. The van der Waals surface area contributed by atoms with Crippen LogP contribution < -0.4 is 10.3 Å². The van der Waals surface area contributed by atoms with E-state index in [2.05, 4.69) is 15.9 Å². The van der Waals surface area contributed by atoms with Crippen molar-refractivity contribution in [3.63, 3.8) is 0 Å². The second kappa shape index (κ2) is 7.41. The van der Waals surface area contributed by atoms with Crippen LogP contribution >= 0.6 is 15.9 Å². The third kappa shape index (κ3) is 3.17. The molecule has 1 heterocycles. The van der Waals surface area contributed by atoms with Crippen LogP contribution in [0.15, 0.2) is 88.1 Å². The minimum absolute atomic E-state index is 0.0152. The summed E-state index contributed by atoms with van der Waals surface area (Å²) in [6.45, 7) is 0.483. The van der Waals surface area contributed by atoms with E-state index in [-0.39, 0.29) is 5.56 Å². The molecule has 4 aromatic rings. The Kier molecular flexibility index (Phi) is 4.82. The topological polar surface area (TPSA) is 31.2 Å². The zero-order chi connectivity index (χ0) is 18.8. The molecular weight excluding hydrogens is 402 g/mol. The van der Waals surface area contributed by atoms with Gasteiger partial charge in [0.25, 0.3) is 5.56 Å². The second-order valence-corrected chi connectivity index (χ2v) is 7.08. The molecule has 0 aliphatic heterocycles. The van der Waals surface area contributed by atoms with Crippen LogP contribution in [0.4, 0.5) is 0 Å². The summed E-state index contributed by atoms with van der Waals surface area (Å²) < 4.78 is 8.28. The zero-order valence-corrected chi connectivity index (χ0v) is 16.4. The molecule has 134 valence electrons. The Balaban J connectivity index is 2.08. The number of aromatic nitrogens is 1. The Labute approximate surface area is 166 Å². The number of benzene rings is 3. The van der Waals surface area contributed by atoms with Crippen molar-refractivity contribution in [2.24, 2.45) is 0 Å². The average molecular weight is 420 g/mol. The normalized spacial score (nSPS) is 10.9. The van der Waals surface area contributed by atoms with E-state index in [4.69, 9.17) is 4.74 Å². The lowest BCUT2D eigenvalue weighted by atomic mass is 10.0. The predicted molar refractivity (Wildman–Crippen MR) is 113 cm³/mol. The minimum atomic E-state index is -0.0152. The minimum Gasteiger partial charge on any atom is -0.496 e. The molecule has 0 saturated heterocycles. The van der Waals surface area contributed by atoms with Crippen molar-refractivity contribution in [2.45, 2.75) is 6.54 Å². The first-order chi connectivity index (χ1) is 13.2. The number of pyridine rings is 1. The Morgan fingerprint density at radius 3 is 2.22 bits per heavy atom. The summed E-state index contributed by atoms with van der Waals surface area (Å²) in [6.07, 6.45) is 0. The van der Waals surface area contributed by atoms with Crippen molar-refractivity contribution in [1.29, 1.82) is 0 Å². The van der Waals surface area contributed by atoms with Gasteiger partial charge >= 0.3 is 0 Å². The number of ether oxygens (including phenoxy) is 1. The van der Waals surface area contributed by atoms with Crippen molar-refractivity contribution in [1.82, 2.24) is 4.57 Å². The van der Waals surface area contributed by atoms with Crippen LogP contribution in [-0.2, 0) is 6.54 Å². The molecule has 0 aliphatic rings. The van der Waals surface area contributed by atoms with Crippen molar-refractivity contribution in [3.8, 4) is 17.0 Å². The van der Waals surface area contributed by atoms with E-state index in [0.29, 0.717) is 11.9 Å². The van der Waals surface area contributed by atoms with Gasteiger partial charge < -0.3 is 9.30 Å². The second-order valence-electron chi connectivity index (χ2n) is 6.29. The standard InChI is InChI=1S/C23H18BrNO2/c1-27-20-14-8-7-13-19(20)22-21(24)17-11-5-6-12-18(17)23(26)25(22)15-16-9-3-2-4-10-16/h2-14H,15H2,1H3. The van der Waals surface area contributed by atoms with Crippen molar-refractivity contribution >= 4 is 26.7 Å². The molecule has 0 unspecified atom stereocenters. The van der Waals surface area contributed by atoms with Gasteiger partial charge in [-0.15, -0.1) is 0 Å². The average Bonchev–Trinajstić information content (AvgIpc) is 2.73. The van der Waals surface area contributed by atoms with Crippen molar-refractivity contribution < 1.29 is 4.74 Å². The lowest BCUT2D eigenvalue weighted by molar-refractivity contribution is 0.416. The molecule has 0 atom stereocenters. The van der Waals surface area contributed by atoms with E-state index in [1.54, 1.807) is 7.11 Å². The molecule has 27 heavy (non-hydrogen) atoms. The van der Waals surface area contributed by atoms with Crippen LogP contribution in [0.3, 0.4) is 0 Å². The maximum absolute atomic E-state index is 13.4. The summed E-state index contributed by atoms with van der Waals surface area (Å²) in [5.74, 6) is 0.731. The van der Waals surface area contributed by atoms with Crippen LogP contribution in [-0.4, -0.2) is 11.7 Å². The first kappa shape index (κ1) is 17.6. The smallest absolute Gasteiger partial charge is 0.259 e. The van der Waals surface area contributed by atoms with Gasteiger partial charge in [-0.25, -0.2) is 0 Å². The first-order valence-electron chi connectivity index (χ1n) is 8.69. The van der Waals surface area contributed by atoms with Gasteiger partial charge in [0.05, 0.1) is 23.8 Å². The lowest BCUT2D eigenvalue weighted by Gasteiger charge is -2.19. The third-order valence-electron chi connectivity index (χ3n) is 4.66. The number of para-hydroxylation sites is 1. The molecular formula is C23H18BrNO2. The highest BCUT2D eigenvalue weighted by Crippen LogP contribution is 2.37. The van der Waals surface area contributed by atoms with Gasteiger partial charge in [-0.3, -0.25) is 4.79 Å². The monoisotopic (exact) mass is 419 g/mol. The number of rotatable bonds is 4. The van der Waals surface area contributed by atoms with Crippen LogP contribution in [0, 0.1) is 0 Å². The molecule has 4 rings (SSSR count). The van der Waals surface area contributed by atoms with Crippen molar-refractivity contribution in [3.05, 3.63) is 99.3 Å². The van der Waals surface area contributed by atoms with E-state index in [1.807, 2.05) is 83.4 Å². The SMILES string of the molecule is COc1ccccc1-c1c(Br)c2ccccc2c(=O)n1Cc1ccccc1. The molecule has 4 heteroatoms. The predicted octanol–water partition coefficient (Wildman–Crippen LogP) is 5.49. The van der Waals surface area contributed by atoms with Crippen LogP contribution in [0.5, 0.6) is 5.75 Å². The van der Waals surface area contributed by atoms with E-state index in [0.717, 1.165) is 32.4 Å². The quantitative estimate of drug-likeness (QED) is 0.437. The highest BCUT2D eigenvalue weighted by Gasteiger charge is 2.19.